The van der Waals surface area contributed by atoms with Crippen molar-refractivity contribution in [1.82, 2.24) is 5.32 Å². The fourth-order valence-corrected chi connectivity index (χ4v) is 2.78. The molecule has 0 spiro atoms. The number of carbonyl (C=O) groups excluding carboxylic acids is 1. The maximum absolute atomic E-state index is 12.7. The number of rotatable bonds is 5. The second kappa shape index (κ2) is 6.66. The Morgan fingerprint density at radius 2 is 2.05 bits per heavy atom. The quantitative estimate of drug-likeness (QED) is 0.853. The van der Waals surface area contributed by atoms with E-state index in [2.05, 4.69) is 5.32 Å². The Morgan fingerprint density at radius 3 is 2.74 bits per heavy atom. The van der Waals surface area contributed by atoms with Gasteiger partial charge in [0.15, 0.2) is 0 Å². The van der Waals surface area contributed by atoms with Crippen molar-refractivity contribution >= 4 is 5.91 Å². The lowest BCUT2D eigenvalue weighted by atomic mass is 9.95. The smallest absolute Gasteiger partial charge is 0.223 e. The van der Waals surface area contributed by atoms with Gasteiger partial charge in [-0.2, -0.15) is 0 Å². The molecular weight excluding hydrogens is 243 g/mol. The number of nitrogens with two attached hydrogens (primary N) is 1. The highest BCUT2D eigenvalue weighted by molar-refractivity contribution is 5.79. The van der Waals surface area contributed by atoms with Crippen LogP contribution in [-0.2, 0) is 11.2 Å². The highest BCUT2D eigenvalue weighted by Crippen LogP contribution is 2.30. The fraction of sp³-hybridized carbons (Fsp3) is 0.533. The minimum Gasteiger partial charge on any atom is -0.356 e. The van der Waals surface area contributed by atoms with E-state index in [1.165, 1.54) is 12.1 Å². The molecule has 1 aliphatic carbocycles. The summed E-state index contributed by atoms with van der Waals surface area (Å²) < 4.78 is 12.7. The van der Waals surface area contributed by atoms with E-state index in [4.69, 9.17) is 5.73 Å². The summed E-state index contributed by atoms with van der Waals surface area (Å²) in [5, 5.41) is 2.96. The van der Waals surface area contributed by atoms with E-state index in [1.807, 2.05) is 0 Å². The van der Waals surface area contributed by atoms with Crippen LogP contribution in [-0.4, -0.2) is 19.0 Å². The molecule has 2 rings (SSSR count). The van der Waals surface area contributed by atoms with Crippen LogP contribution >= 0.6 is 0 Å². The molecule has 104 valence electrons. The van der Waals surface area contributed by atoms with Crippen molar-refractivity contribution in [2.45, 2.75) is 25.7 Å². The summed E-state index contributed by atoms with van der Waals surface area (Å²) in [4.78, 5) is 12.0. The summed E-state index contributed by atoms with van der Waals surface area (Å²) in [5.74, 6) is 0.309. The molecule has 1 aromatic carbocycles. The first-order valence-electron chi connectivity index (χ1n) is 6.93. The van der Waals surface area contributed by atoms with Crippen molar-refractivity contribution in [3.05, 3.63) is 35.6 Å². The largest absolute Gasteiger partial charge is 0.356 e. The molecule has 0 bridgehead atoms. The molecule has 0 saturated heterocycles. The third-order valence-electron chi connectivity index (χ3n) is 3.92. The Balaban J connectivity index is 1.76. The maximum atomic E-state index is 12.7. The predicted molar refractivity (Wildman–Crippen MR) is 73.0 cm³/mol. The van der Waals surface area contributed by atoms with E-state index in [1.54, 1.807) is 12.1 Å². The van der Waals surface area contributed by atoms with Crippen LogP contribution in [0.25, 0.3) is 0 Å². The SMILES string of the molecule is NC[C@H]1CCC[C@H]1C(=O)NCCc1ccc(F)cc1. The van der Waals surface area contributed by atoms with Crippen LogP contribution in [0.1, 0.15) is 24.8 Å². The van der Waals surface area contributed by atoms with Crippen molar-refractivity contribution in [2.75, 3.05) is 13.1 Å². The summed E-state index contributed by atoms with van der Waals surface area (Å²) >= 11 is 0. The Bertz CT molecular complexity index is 419. The third-order valence-corrected chi connectivity index (χ3v) is 3.92. The molecule has 1 aliphatic rings. The number of carbonyl (C=O) groups is 1. The van der Waals surface area contributed by atoms with Crippen molar-refractivity contribution in [3.8, 4) is 0 Å². The van der Waals surface area contributed by atoms with Gasteiger partial charge in [0.1, 0.15) is 5.82 Å². The minimum absolute atomic E-state index is 0.0817. The molecule has 3 N–H and O–H groups in total. The molecule has 0 radical (unpaired) electrons. The molecular formula is C15H21FN2O. The van der Waals surface area contributed by atoms with Crippen LogP contribution in [0.2, 0.25) is 0 Å². The Labute approximate surface area is 113 Å². The van der Waals surface area contributed by atoms with Gasteiger partial charge < -0.3 is 11.1 Å². The van der Waals surface area contributed by atoms with E-state index in [9.17, 15) is 9.18 Å². The first-order chi connectivity index (χ1) is 9.20. The lowest BCUT2D eigenvalue weighted by Gasteiger charge is -2.17. The summed E-state index contributed by atoms with van der Waals surface area (Å²) in [6, 6.07) is 6.39. The molecule has 4 heteroatoms. The van der Waals surface area contributed by atoms with Gasteiger partial charge in [0.25, 0.3) is 0 Å². The fourth-order valence-electron chi connectivity index (χ4n) is 2.78. The van der Waals surface area contributed by atoms with Crippen molar-refractivity contribution < 1.29 is 9.18 Å². The topological polar surface area (TPSA) is 55.1 Å². The minimum atomic E-state index is -0.232. The second-order valence-electron chi connectivity index (χ2n) is 5.20. The molecule has 19 heavy (non-hydrogen) atoms. The molecule has 3 nitrogen and oxygen atoms in total. The van der Waals surface area contributed by atoms with Crippen LogP contribution < -0.4 is 11.1 Å². The number of hydrogen-bond acceptors (Lipinski definition) is 2. The number of hydrogen-bond donors (Lipinski definition) is 2. The molecule has 0 aromatic heterocycles. The van der Waals surface area contributed by atoms with Gasteiger partial charge in [0, 0.05) is 12.5 Å². The summed E-state index contributed by atoms with van der Waals surface area (Å²) in [6.07, 6.45) is 3.83. The van der Waals surface area contributed by atoms with Crippen molar-refractivity contribution in [1.29, 1.82) is 0 Å². The van der Waals surface area contributed by atoms with E-state index in [0.717, 1.165) is 31.2 Å². The van der Waals surface area contributed by atoms with E-state index >= 15 is 0 Å². The predicted octanol–water partition coefficient (Wildman–Crippen LogP) is 1.86. The van der Waals surface area contributed by atoms with Crippen LogP contribution in [0, 0.1) is 17.7 Å². The molecule has 0 aliphatic heterocycles. The zero-order valence-electron chi connectivity index (χ0n) is 11.1. The average molecular weight is 264 g/mol. The van der Waals surface area contributed by atoms with Crippen molar-refractivity contribution in [3.63, 3.8) is 0 Å². The summed E-state index contributed by atoms with van der Waals surface area (Å²) in [7, 11) is 0. The van der Waals surface area contributed by atoms with Gasteiger partial charge in [-0.05, 0) is 49.4 Å². The maximum Gasteiger partial charge on any atom is 0.223 e. The van der Waals surface area contributed by atoms with Gasteiger partial charge in [-0.25, -0.2) is 4.39 Å². The molecule has 1 saturated carbocycles. The highest BCUT2D eigenvalue weighted by Gasteiger charge is 2.31. The van der Waals surface area contributed by atoms with Gasteiger partial charge in [-0.15, -0.1) is 0 Å². The number of nitrogens with one attached hydrogen (secondary N) is 1. The van der Waals surface area contributed by atoms with Gasteiger partial charge in [0.05, 0.1) is 0 Å². The van der Waals surface area contributed by atoms with E-state index in [-0.39, 0.29) is 17.6 Å². The molecule has 1 fully saturated rings. The molecule has 2 atom stereocenters. The first-order valence-corrected chi connectivity index (χ1v) is 6.93. The Kier molecular flexibility index (Phi) is 4.91. The molecule has 0 heterocycles. The summed E-state index contributed by atoms with van der Waals surface area (Å²) in [5.41, 5.74) is 6.71. The lowest BCUT2D eigenvalue weighted by molar-refractivity contribution is -0.125. The van der Waals surface area contributed by atoms with Crippen molar-refractivity contribution in [2.24, 2.45) is 17.6 Å². The average Bonchev–Trinajstić information content (AvgIpc) is 2.89. The lowest BCUT2D eigenvalue weighted by Crippen LogP contribution is -2.36. The van der Waals surface area contributed by atoms with E-state index in [0.29, 0.717) is 19.0 Å². The van der Waals surface area contributed by atoms with Crippen LogP contribution in [0.5, 0.6) is 0 Å². The zero-order valence-corrected chi connectivity index (χ0v) is 11.1. The van der Waals surface area contributed by atoms with Gasteiger partial charge >= 0.3 is 0 Å². The highest BCUT2D eigenvalue weighted by atomic mass is 19.1. The molecule has 0 unspecified atom stereocenters. The van der Waals surface area contributed by atoms with Crippen LogP contribution in [0.3, 0.4) is 0 Å². The summed E-state index contributed by atoms with van der Waals surface area (Å²) in [6.45, 7) is 1.19. The second-order valence-corrected chi connectivity index (χ2v) is 5.20. The zero-order chi connectivity index (χ0) is 13.7. The number of halogens is 1. The number of amides is 1. The van der Waals surface area contributed by atoms with E-state index < -0.39 is 0 Å². The molecule has 1 amide bonds. The Morgan fingerprint density at radius 1 is 1.32 bits per heavy atom. The first kappa shape index (κ1) is 14.0. The van der Waals surface area contributed by atoms with Crippen LogP contribution in [0.15, 0.2) is 24.3 Å². The monoisotopic (exact) mass is 264 g/mol. The molecule has 1 aromatic rings. The van der Waals surface area contributed by atoms with Crippen LogP contribution in [0.4, 0.5) is 4.39 Å². The number of benzene rings is 1. The third kappa shape index (κ3) is 3.77. The van der Waals surface area contributed by atoms with Gasteiger partial charge in [-0.1, -0.05) is 18.6 Å². The Hall–Kier alpha value is -1.42. The van der Waals surface area contributed by atoms with Gasteiger partial charge in [0.2, 0.25) is 5.91 Å². The normalized spacial score (nSPS) is 22.4. The standard InChI is InChI=1S/C15H21FN2O/c16-13-6-4-11(5-7-13)8-9-18-15(19)14-3-1-2-12(14)10-17/h4-7,12,14H,1-3,8-10,17H2,(H,18,19)/t12-,14-/m1/s1. The van der Waals surface area contributed by atoms with Gasteiger partial charge in [-0.3, -0.25) is 4.79 Å².